The zero-order valence-electron chi connectivity index (χ0n) is 12.4. The topological polar surface area (TPSA) is 49.8 Å². The molecule has 1 amide bonds. The first-order chi connectivity index (χ1) is 9.49. The van der Waals surface area contributed by atoms with Gasteiger partial charge in [0.05, 0.1) is 6.10 Å². The number of amides is 1. The monoisotopic (exact) mass is 277 g/mol. The highest BCUT2D eigenvalue weighted by atomic mass is 16.5. The van der Waals surface area contributed by atoms with E-state index in [4.69, 9.17) is 4.74 Å². The van der Waals surface area contributed by atoms with Gasteiger partial charge in [0.15, 0.2) is 6.10 Å². The average molecular weight is 277 g/mol. The van der Waals surface area contributed by atoms with Crippen molar-refractivity contribution >= 4 is 5.91 Å². The quantitative estimate of drug-likeness (QED) is 0.919. The van der Waals surface area contributed by atoms with Crippen LogP contribution < -0.4 is 4.74 Å². The minimum Gasteiger partial charge on any atom is -0.480 e. The second-order valence-corrected chi connectivity index (χ2v) is 5.51. The van der Waals surface area contributed by atoms with Gasteiger partial charge in [-0.25, -0.2) is 0 Å². The third-order valence-electron chi connectivity index (χ3n) is 3.69. The van der Waals surface area contributed by atoms with E-state index in [9.17, 15) is 9.90 Å². The van der Waals surface area contributed by atoms with Crippen molar-refractivity contribution < 1.29 is 14.6 Å². The van der Waals surface area contributed by atoms with Crippen LogP contribution >= 0.6 is 0 Å². The molecule has 1 aromatic rings. The van der Waals surface area contributed by atoms with E-state index >= 15 is 0 Å². The minimum atomic E-state index is -0.611. The highest BCUT2D eigenvalue weighted by molar-refractivity contribution is 5.81. The molecular formula is C16H23NO3. The van der Waals surface area contributed by atoms with E-state index in [-0.39, 0.29) is 5.91 Å². The Morgan fingerprint density at radius 2 is 1.95 bits per heavy atom. The smallest absolute Gasteiger partial charge is 0.263 e. The van der Waals surface area contributed by atoms with Gasteiger partial charge in [-0.05, 0) is 45.2 Å². The summed E-state index contributed by atoms with van der Waals surface area (Å²) in [7, 11) is 0. The maximum absolute atomic E-state index is 12.3. The van der Waals surface area contributed by atoms with Crippen LogP contribution in [0.15, 0.2) is 18.2 Å². The molecule has 1 heterocycles. The van der Waals surface area contributed by atoms with Crippen LogP contribution in [0.25, 0.3) is 0 Å². The molecule has 0 radical (unpaired) electrons. The van der Waals surface area contributed by atoms with Crippen LogP contribution in [-0.4, -0.2) is 35.1 Å². The Balaban J connectivity index is 2.12. The molecule has 1 N–H and O–H groups in total. The molecule has 2 rings (SSSR count). The number of rotatable bonds is 4. The van der Waals surface area contributed by atoms with Crippen molar-refractivity contribution in [1.82, 2.24) is 4.90 Å². The Morgan fingerprint density at radius 3 is 2.55 bits per heavy atom. The molecule has 0 bridgehead atoms. The summed E-state index contributed by atoms with van der Waals surface area (Å²) < 4.78 is 5.81. The van der Waals surface area contributed by atoms with Crippen molar-refractivity contribution in [3.8, 4) is 5.75 Å². The Morgan fingerprint density at radius 1 is 1.30 bits per heavy atom. The van der Waals surface area contributed by atoms with E-state index in [1.165, 1.54) is 0 Å². The molecule has 0 saturated carbocycles. The number of carbonyl (C=O) groups excluding carboxylic acids is 1. The van der Waals surface area contributed by atoms with E-state index in [0.717, 1.165) is 37.1 Å². The summed E-state index contributed by atoms with van der Waals surface area (Å²) in [5.41, 5.74) is 1.77. The SMILES string of the molecule is Cc1ccc([C@H](C)O)c(OC(C)C(=O)N2CCCC2)c1. The maximum atomic E-state index is 12.3. The second kappa shape index (κ2) is 6.27. The number of carbonyl (C=O) groups is 1. The zero-order chi connectivity index (χ0) is 14.7. The first-order valence-electron chi connectivity index (χ1n) is 7.23. The van der Waals surface area contributed by atoms with Crippen LogP contribution in [0.1, 0.15) is 43.9 Å². The highest BCUT2D eigenvalue weighted by Gasteiger charge is 2.25. The number of ether oxygens (including phenoxy) is 1. The zero-order valence-corrected chi connectivity index (χ0v) is 12.4. The first kappa shape index (κ1) is 14.9. The number of hydrogen-bond donors (Lipinski definition) is 1. The van der Waals surface area contributed by atoms with Gasteiger partial charge in [-0.3, -0.25) is 4.79 Å². The lowest BCUT2D eigenvalue weighted by molar-refractivity contribution is -0.136. The fraction of sp³-hybridized carbons (Fsp3) is 0.562. The van der Waals surface area contributed by atoms with Gasteiger partial charge in [0.1, 0.15) is 5.75 Å². The standard InChI is InChI=1S/C16H23NO3/c1-11-6-7-14(12(2)18)15(10-11)20-13(3)16(19)17-8-4-5-9-17/h6-7,10,12-13,18H,4-5,8-9H2,1-3H3/t12-,13?/m0/s1. The van der Waals surface area contributed by atoms with Crippen LogP contribution in [0, 0.1) is 6.92 Å². The van der Waals surface area contributed by atoms with Gasteiger partial charge >= 0.3 is 0 Å². The van der Waals surface area contributed by atoms with Gasteiger partial charge in [0.2, 0.25) is 0 Å². The molecule has 20 heavy (non-hydrogen) atoms. The Bertz CT molecular complexity index is 479. The van der Waals surface area contributed by atoms with E-state index in [1.807, 2.05) is 30.0 Å². The molecule has 1 fully saturated rings. The second-order valence-electron chi connectivity index (χ2n) is 5.51. The van der Waals surface area contributed by atoms with Gasteiger partial charge in [-0.1, -0.05) is 12.1 Å². The summed E-state index contributed by atoms with van der Waals surface area (Å²) in [5, 5.41) is 9.78. The molecule has 1 aromatic carbocycles. The molecule has 2 atom stereocenters. The van der Waals surface area contributed by atoms with Crippen LogP contribution in [-0.2, 0) is 4.79 Å². The largest absolute Gasteiger partial charge is 0.480 e. The van der Waals surface area contributed by atoms with Gasteiger partial charge in [-0.15, -0.1) is 0 Å². The summed E-state index contributed by atoms with van der Waals surface area (Å²) in [6, 6.07) is 5.65. The summed E-state index contributed by atoms with van der Waals surface area (Å²) >= 11 is 0. The number of likely N-dealkylation sites (tertiary alicyclic amines) is 1. The lowest BCUT2D eigenvalue weighted by atomic mass is 10.1. The lowest BCUT2D eigenvalue weighted by Gasteiger charge is -2.23. The molecule has 4 nitrogen and oxygen atoms in total. The normalized spacial score (nSPS) is 17.9. The fourth-order valence-electron chi connectivity index (χ4n) is 2.52. The molecular weight excluding hydrogens is 254 g/mol. The number of nitrogens with zero attached hydrogens (tertiary/aromatic N) is 1. The Hall–Kier alpha value is -1.55. The number of hydrogen-bond acceptors (Lipinski definition) is 3. The van der Waals surface area contributed by atoms with Crippen molar-refractivity contribution in [3.05, 3.63) is 29.3 Å². The molecule has 1 unspecified atom stereocenters. The number of aryl methyl sites for hydroxylation is 1. The Labute approximate surface area is 120 Å². The molecule has 1 saturated heterocycles. The predicted octanol–water partition coefficient (Wildman–Crippen LogP) is 2.44. The minimum absolute atomic E-state index is 0.0283. The van der Waals surface area contributed by atoms with Crippen LogP contribution in [0.5, 0.6) is 5.75 Å². The maximum Gasteiger partial charge on any atom is 0.263 e. The van der Waals surface area contributed by atoms with Crippen molar-refractivity contribution in [3.63, 3.8) is 0 Å². The van der Waals surface area contributed by atoms with E-state index in [2.05, 4.69) is 0 Å². The summed E-state index contributed by atoms with van der Waals surface area (Å²) in [5.74, 6) is 0.626. The lowest BCUT2D eigenvalue weighted by Crippen LogP contribution is -2.38. The third-order valence-corrected chi connectivity index (χ3v) is 3.69. The van der Waals surface area contributed by atoms with Gasteiger partial charge in [-0.2, -0.15) is 0 Å². The number of benzene rings is 1. The van der Waals surface area contributed by atoms with E-state index in [0.29, 0.717) is 5.75 Å². The van der Waals surface area contributed by atoms with Gasteiger partial charge in [0.25, 0.3) is 5.91 Å². The fourth-order valence-corrected chi connectivity index (χ4v) is 2.52. The number of aliphatic hydroxyl groups excluding tert-OH is 1. The van der Waals surface area contributed by atoms with Crippen LogP contribution in [0.2, 0.25) is 0 Å². The van der Waals surface area contributed by atoms with Crippen molar-refractivity contribution in [1.29, 1.82) is 0 Å². The number of aliphatic hydroxyl groups is 1. The summed E-state index contributed by atoms with van der Waals surface area (Å²) in [4.78, 5) is 14.1. The predicted molar refractivity (Wildman–Crippen MR) is 77.7 cm³/mol. The van der Waals surface area contributed by atoms with Crippen molar-refractivity contribution in [2.75, 3.05) is 13.1 Å². The summed E-state index contributed by atoms with van der Waals surface area (Å²) in [6.45, 7) is 7.08. The van der Waals surface area contributed by atoms with Crippen LogP contribution in [0.4, 0.5) is 0 Å². The van der Waals surface area contributed by atoms with Gasteiger partial charge < -0.3 is 14.7 Å². The molecule has 1 aliphatic rings. The third kappa shape index (κ3) is 3.31. The Kier molecular flexibility index (Phi) is 4.65. The highest BCUT2D eigenvalue weighted by Crippen LogP contribution is 2.27. The van der Waals surface area contributed by atoms with E-state index in [1.54, 1.807) is 13.8 Å². The summed E-state index contributed by atoms with van der Waals surface area (Å²) in [6.07, 6.45) is 1.01. The van der Waals surface area contributed by atoms with Crippen molar-refractivity contribution in [2.45, 2.75) is 45.8 Å². The molecule has 0 aromatic heterocycles. The molecule has 1 aliphatic heterocycles. The molecule has 110 valence electrons. The van der Waals surface area contributed by atoms with Gasteiger partial charge in [0, 0.05) is 18.7 Å². The average Bonchev–Trinajstić information content (AvgIpc) is 2.91. The molecule has 0 aliphatic carbocycles. The van der Waals surface area contributed by atoms with E-state index < -0.39 is 12.2 Å². The van der Waals surface area contributed by atoms with Crippen molar-refractivity contribution in [2.24, 2.45) is 0 Å². The van der Waals surface area contributed by atoms with Crippen LogP contribution in [0.3, 0.4) is 0 Å². The molecule has 0 spiro atoms. The first-order valence-corrected chi connectivity index (χ1v) is 7.23. The molecule has 4 heteroatoms.